The fourth-order valence-corrected chi connectivity index (χ4v) is 1.98. The maximum Gasteiger partial charge on any atom is 0.256 e. The van der Waals surface area contributed by atoms with E-state index in [2.05, 4.69) is 5.32 Å². The second kappa shape index (κ2) is 4.51. The van der Waals surface area contributed by atoms with Crippen LogP contribution < -0.4 is 5.32 Å². The predicted octanol–water partition coefficient (Wildman–Crippen LogP) is 2.92. The molecule has 0 aliphatic rings. The lowest BCUT2D eigenvalue weighted by atomic mass is 10.3. The van der Waals surface area contributed by atoms with E-state index in [0.29, 0.717) is 12.1 Å². The zero-order valence-electron chi connectivity index (χ0n) is 7.70. The molecule has 0 spiro atoms. The SMILES string of the molecule is O=C(NCc1cccs1)c1ccoc1Cl. The van der Waals surface area contributed by atoms with E-state index in [1.165, 1.54) is 6.26 Å². The molecule has 2 rings (SSSR count). The highest BCUT2D eigenvalue weighted by atomic mass is 35.5. The molecule has 15 heavy (non-hydrogen) atoms. The molecule has 0 saturated heterocycles. The molecule has 2 aromatic heterocycles. The lowest BCUT2D eigenvalue weighted by molar-refractivity contribution is 0.0951. The van der Waals surface area contributed by atoms with E-state index in [1.807, 2.05) is 17.5 Å². The summed E-state index contributed by atoms with van der Waals surface area (Å²) in [5, 5.41) is 4.84. The van der Waals surface area contributed by atoms with Gasteiger partial charge in [0.05, 0.1) is 18.4 Å². The van der Waals surface area contributed by atoms with Crippen molar-refractivity contribution in [1.82, 2.24) is 5.32 Å². The van der Waals surface area contributed by atoms with Crippen molar-refractivity contribution < 1.29 is 9.21 Å². The summed E-state index contributed by atoms with van der Waals surface area (Å²) in [4.78, 5) is 12.7. The Balaban J connectivity index is 1.96. The lowest BCUT2D eigenvalue weighted by Crippen LogP contribution is -2.21. The molecule has 0 bridgehead atoms. The molecule has 0 radical (unpaired) electrons. The molecular weight excluding hydrogens is 234 g/mol. The molecular formula is C10H8ClNO2S. The zero-order chi connectivity index (χ0) is 10.7. The summed E-state index contributed by atoms with van der Waals surface area (Å²) in [6, 6.07) is 5.45. The monoisotopic (exact) mass is 241 g/mol. The molecule has 0 fully saturated rings. The molecule has 0 saturated carbocycles. The number of furan rings is 1. The maximum absolute atomic E-state index is 11.6. The molecule has 0 aliphatic carbocycles. The number of thiophene rings is 1. The van der Waals surface area contributed by atoms with E-state index in [1.54, 1.807) is 17.4 Å². The average molecular weight is 242 g/mol. The number of carbonyl (C=O) groups is 1. The molecule has 0 atom stereocenters. The summed E-state index contributed by atoms with van der Waals surface area (Å²) < 4.78 is 4.83. The first-order valence-electron chi connectivity index (χ1n) is 4.31. The largest absolute Gasteiger partial charge is 0.452 e. The van der Waals surface area contributed by atoms with Crippen LogP contribution in [0.3, 0.4) is 0 Å². The summed E-state index contributed by atoms with van der Waals surface area (Å²) in [5.74, 6) is -0.220. The van der Waals surface area contributed by atoms with E-state index in [-0.39, 0.29) is 11.1 Å². The minimum absolute atomic E-state index is 0.124. The van der Waals surface area contributed by atoms with E-state index in [4.69, 9.17) is 16.0 Å². The predicted molar refractivity (Wildman–Crippen MR) is 59.2 cm³/mol. The van der Waals surface area contributed by atoms with Gasteiger partial charge in [-0.1, -0.05) is 6.07 Å². The first-order valence-corrected chi connectivity index (χ1v) is 5.56. The van der Waals surface area contributed by atoms with Gasteiger partial charge >= 0.3 is 0 Å². The standard InChI is InChI=1S/C10H8ClNO2S/c11-9-8(3-4-14-9)10(13)12-6-7-2-1-5-15-7/h1-5H,6H2,(H,12,13). The van der Waals surface area contributed by atoms with Crippen LogP contribution in [0.1, 0.15) is 15.2 Å². The molecule has 3 nitrogen and oxygen atoms in total. The summed E-state index contributed by atoms with van der Waals surface area (Å²) in [5.41, 5.74) is 0.369. The Bertz CT molecular complexity index is 450. The van der Waals surface area contributed by atoms with E-state index in [0.717, 1.165) is 4.88 Å². The third-order valence-corrected chi connectivity index (χ3v) is 3.03. The van der Waals surface area contributed by atoms with Gasteiger partial charge in [-0.3, -0.25) is 4.79 Å². The Morgan fingerprint density at radius 1 is 1.53 bits per heavy atom. The van der Waals surface area contributed by atoms with Gasteiger partial charge in [0.1, 0.15) is 0 Å². The first kappa shape index (κ1) is 10.3. The van der Waals surface area contributed by atoms with Crippen LogP contribution in [-0.4, -0.2) is 5.91 Å². The number of nitrogens with one attached hydrogen (secondary N) is 1. The maximum atomic E-state index is 11.6. The second-order valence-electron chi connectivity index (χ2n) is 2.87. The fraction of sp³-hybridized carbons (Fsp3) is 0.100. The highest BCUT2D eigenvalue weighted by Crippen LogP contribution is 2.16. The van der Waals surface area contributed by atoms with Crippen LogP contribution >= 0.6 is 22.9 Å². The van der Waals surface area contributed by atoms with Crippen LogP contribution in [0, 0.1) is 0 Å². The van der Waals surface area contributed by atoms with Crippen molar-refractivity contribution in [2.45, 2.75) is 6.54 Å². The van der Waals surface area contributed by atoms with Crippen molar-refractivity contribution in [3.63, 3.8) is 0 Å². The highest BCUT2D eigenvalue weighted by molar-refractivity contribution is 7.09. The zero-order valence-corrected chi connectivity index (χ0v) is 9.27. The smallest absolute Gasteiger partial charge is 0.256 e. The van der Waals surface area contributed by atoms with E-state index >= 15 is 0 Å². The van der Waals surface area contributed by atoms with Crippen molar-refractivity contribution in [2.24, 2.45) is 0 Å². The first-order chi connectivity index (χ1) is 7.27. The van der Waals surface area contributed by atoms with E-state index in [9.17, 15) is 4.79 Å². The van der Waals surface area contributed by atoms with Gasteiger partial charge in [-0.15, -0.1) is 11.3 Å². The number of hydrogen-bond donors (Lipinski definition) is 1. The van der Waals surface area contributed by atoms with E-state index < -0.39 is 0 Å². The van der Waals surface area contributed by atoms with Crippen LogP contribution in [-0.2, 0) is 6.54 Å². The molecule has 1 N–H and O–H groups in total. The van der Waals surface area contributed by atoms with Gasteiger partial charge in [0, 0.05) is 4.88 Å². The fourth-order valence-electron chi connectivity index (χ4n) is 1.13. The molecule has 0 aliphatic heterocycles. The second-order valence-corrected chi connectivity index (χ2v) is 4.25. The minimum Gasteiger partial charge on any atom is -0.452 e. The Labute approximate surface area is 95.7 Å². The molecule has 78 valence electrons. The number of hydrogen-bond acceptors (Lipinski definition) is 3. The molecule has 0 unspecified atom stereocenters. The van der Waals surface area contributed by atoms with Gasteiger partial charge in [0.15, 0.2) is 0 Å². The van der Waals surface area contributed by atoms with Crippen LogP contribution in [0.25, 0.3) is 0 Å². The molecule has 2 heterocycles. The number of carbonyl (C=O) groups excluding carboxylic acids is 1. The van der Waals surface area contributed by atoms with Gasteiger partial charge < -0.3 is 9.73 Å². The Morgan fingerprint density at radius 2 is 2.40 bits per heavy atom. The molecule has 1 amide bonds. The minimum atomic E-state index is -0.220. The summed E-state index contributed by atoms with van der Waals surface area (Å²) in [6.07, 6.45) is 1.39. The van der Waals surface area contributed by atoms with Gasteiger partial charge in [-0.25, -0.2) is 0 Å². The van der Waals surface area contributed by atoms with Gasteiger partial charge in [0.2, 0.25) is 5.22 Å². The third kappa shape index (κ3) is 2.40. The van der Waals surface area contributed by atoms with Crippen LogP contribution in [0.2, 0.25) is 5.22 Å². The van der Waals surface area contributed by atoms with Gasteiger partial charge in [-0.05, 0) is 29.1 Å². The highest BCUT2D eigenvalue weighted by Gasteiger charge is 2.12. The van der Waals surface area contributed by atoms with Crippen molar-refractivity contribution in [1.29, 1.82) is 0 Å². The van der Waals surface area contributed by atoms with Crippen molar-refractivity contribution >= 4 is 28.8 Å². The Hall–Kier alpha value is -1.26. The molecule has 2 aromatic rings. The average Bonchev–Trinajstić information content (AvgIpc) is 2.84. The van der Waals surface area contributed by atoms with Gasteiger partial charge in [0.25, 0.3) is 5.91 Å². The Morgan fingerprint density at radius 3 is 3.00 bits per heavy atom. The normalized spacial score (nSPS) is 10.2. The van der Waals surface area contributed by atoms with Crippen molar-refractivity contribution in [3.8, 4) is 0 Å². The van der Waals surface area contributed by atoms with Crippen molar-refractivity contribution in [3.05, 3.63) is 45.5 Å². The molecule has 0 aromatic carbocycles. The van der Waals surface area contributed by atoms with Crippen molar-refractivity contribution in [2.75, 3.05) is 0 Å². The van der Waals surface area contributed by atoms with Crippen LogP contribution in [0.15, 0.2) is 34.3 Å². The number of rotatable bonds is 3. The van der Waals surface area contributed by atoms with Crippen LogP contribution in [0.4, 0.5) is 0 Å². The summed E-state index contributed by atoms with van der Waals surface area (Å²) >= 11 is 7.27. The quantitative estimate of drug-likeness (QED) is 0.898. The van der Waals surface area contributed by atoms with Gasteiger partial charge in [-0.2, -0.15) is 0 Å². The topological polar surface area (TPSA) is 42.2 Å². The summed E-state index contributed by atoms with van der Waals surface area (Å²) in [7, 11) is 0. The number of halogens is 1. The lowest BCUT2D eigenvalue weighted by Gasteiger charge is -2.00. The number of amides is 1. The molecule has 5 heteroatoms. The third-order valence-electron chi connectivity index (χ3n) is 1.87. The summed E-state index contributed by atoms with van der Waals surface area (Å²) in [6.45, 7) is 0.512. The Kier molecular flexibility index (Phi) is 3.08. The van der Waals surface area contributed by atoms with Crippen LogP contribution in [0.5, 0.6) is 0 Å².